The molecule has 2 heteroatoms. The summed E-state index contributed by atoms with van der Waals surface area (Å²) in [5.41, 5.74) is 9.14. The van der Waals surface area contributed by atoms with Crippen molar-refractivity contribution in [2.75, 3.05) is 11.4 Å². The van der Waals surface area contributed by atoms with Gasteiger partial charge in [0.15, 0.2) is 0 Å². The van der Waals surface area contributed by atoms with Gasteiger partial charge < -0.3 is 10.6 Å². The molecule has 1 aliphatic heterocycles. The fourth-order valence-electron chi connectivity index (χ4n) is 3.81. The maximum Gasteiger partial charge on any atom is 0.0401 e. The van der Waals surface area contributed by atoms with E-state index in [9.17, 15) is 0 Å². The van der Waals surface area contributed by atoms with Gasteiger partial charge in [0.2, 0.25) is 0 Å². The Balaban J connectivity index is 1.76. The van der Waals surface area contributed by atoms with E-state index < -0.39 is 0 Å². The van der Waals surface area contributed by atoms with Crippen LogP contribution in [0, 0.1) is 5.92 Å². The van der Waals surface area contributed by atoms with Crippen LogP contribution in [0.25, 0.3) is 0 Å². The van der Waals surface area contributed by atoms with Gasteiger partial charge in [-0.3, -0.25) is 0 Å². The van der Waals surface area contributed by atoms with Gasteiger partial charge in [-0.05, 0) is 56.6 Å². The summed E-state index contributed by atoms with van der Waals surface area (Å²) in [4.78, 5) is 2.64. The summed E-state index contributed by atoms with van der Waals surface area (Å²) in [5, 5.41) is 0. The highest BCUT2D eigenvalue weighted by Gasteiger charge is 2.27. The molecule has 2 nitrogen and oxygen atoms in total. The first-order valence-corrected chi connectivity index (χ1v) is 7.84. The monoisotopic (exact) mass is 258 g/mol. The van der Waals surface area contributed by atoms with Crippen LogP contribution in [-0.2, 0) is 6.42 Å². The zero-order chi connectivity index (χ0) is 13.2. The maximum absolute atomic E-state index is 6.14. The number of aryl methyl sites for hydroxylation is 1. The predicted molar refractivity (Wildman–Crippen MR) is 81.5 cm³/mol. The Morgan fingerprint density at radius 1 is 1.21 bits per heavy atom. The Labute approximate surface area is 117 Å². The van der Waals surface area contributed by atoms with Crippen molar-refractivity contribution in [3.8, 4) is 0 Å². The molecule has 1 heterocycles. The van der Waals surface area contributed by atoms with Gasteiger partial charge in [0.25, 0.3) is 0 Å². The molecule has 19 heavy (non-hydrogen) atoms. The lowest BCUT2D eigenvalue weighted by Crippen LogP contribution is -2.42. The molecule has 3 rings (SSSR count). The van der Waals surface area contributed by atoms with Gasteiger partial charge in [-0.2, -0.15) is 0 Å². The molecule has 0 radical (unpaired) electrons. The van der Waals surface area contributed by atoms with Gasteiger partial charge >= 0.3 is 0 Å². The normalized spacial score (nSPS) is 31.1. The molecule has 3 unspecified atom stereocenters. The Bertz CT molecular complexity index is 429. The van der Waals surface area contributed by atoms with Crippen LogP contribution < -0.4 is 10.6 Å². The quantitative estimate of drug-likeness (QED) is 0.881. The molecule has 3 atom stereocenters. The molecule has 1 saturated carbocycles. The number of nitrogens with two attached hydrogens (primary N) is 1. The number of hydrogen-bond acceptors (Lipinski definition) is 2. The smallest absolute Gasteiger partial charge is 0.0401 e. The molecule has 1 aromatic carbocycles. The van der Waals surface area contributed by atoms with Gasteiger partial charge in [0.1, 0.15) is 0 Å². The minimum Gasteiger partial charge on any atom is -0.368 e. The van der Waals surface area contributed by atoms with E-state index in [1.165, 1.54) is 56.3 Å². The Kier molecular flexibility index (Phi) is 3.79. The Morgan fingerprint density at radius 3 is 2.89 bits per heavy atom. The fourth-order valence-corrected chi connectivity index (χ4v) is 3.81. The Morgan fingerprint density at radius 2 is 2.05 bits per heavy atom. The second-order valence-corrected chi connectivity index (χ2v) is 6.46. The zero-order valence-corrected chi connectivity index (χ0v) is 12.0. The van der Waals surface area contributed by atoms with Crippen molar-refractivity contribution in [3.05, 3.63) is 29.8 Å². The van der Waals surface area contributed by atoms with Gasteiger partial charge in [-0.15, -0.1) is 0 Å². The van der Waals surface area contributed by atoms with E-state index in [0.717, 1.165) is 5.92 Å². The summed E-state index contributed by atoms with van der Waals surface area (Å²) in [5.74, 6) is 0.789. The number of rotatable bonds is 2. The second kappa shape index (κ2) is 5.54. The third kappa shape index (κ3) is 2.79. The standard InChI is InChI=1S/C17H26N2/c1-13-9-10-15-6-2-3-8-17(15)19(13)12-14-5-4-7-16(18)11-14/h2-3,6,8,13-14,16H,4-5,7,9-12,18H2,1H3. The zero-order valence-electron chi connectivity index (χ0n) is 12.0. The third-order valence-corrected chi connectivity index (χ3v) is 4.94. The summed E-state index contributed by atoms with van der Waals surface area (Å²) >= 11 is 0. The van der Waals surface area contributed by atoms with E-state index in [1.807, 2.05) is 0 Å². The molecule has 0 amide bonds. The average molecular weight is 258 g/mol. The van der Waals surface area contributed by atoms with Gasteiger partial charge in [-0.25, -0.2) is 0 Å². The number of anilines is 1. The summed E-state index contributed by atoms with van der Waals surface area (Å²) in [6.07, 6.45) is 7.64. The summed E-state index contributed by atoms with van der Waals surface area (Å²) in [7, 11) is 0. The van der Waals surface area contributed by atoms with Crippen LogP contribution in [0.15, 0.2) is 24.3 Å². The SMILES string of the molecule is CC1CCc2ccccc2N1CC1CCCC(N)C1. The Hall–Kier alpha value is -1.02. The molecule has 0 bridgehead atoms. The molecule has 1 fully saturated rings. The van der Waals surface area contributed by atoms with Crippen LogP contribution >= 0.6 is 0 Å². The molecule has 0 spiro atoms. The lowest BCUT2D eigenvalue weighted by Gasteiger charge is -2.40. The maximum atomic E-state index is 6.14. The largest absolute Gasteiger partial charge is 0.368 e. The highest BCUT2D eigenvalue weighted by atomic mass is 15.2. The van der Waals surface area contributed by atoms with Crippen molar-refractivity contribution in [1.29, 1.82) is 0 Å². The first-order valence-electron chi connectivity index (χ1n) is 7.84. The van der Waals surface area contributed by atoms with Crippen molar-refractivity contribution in [1.82, 2.24) is 0 Å². The van der Waals surface area contributed by atoms with Gasteiger partial charge in [0.05, 0.1) is 0 Å². The van der Waals surface area contributed by atoms with E-state index in [1.54, 1.807) is 0 Å². The molecule has 104 valence electrons. The lowest BCUT2D eigenvalue weighted by molar-refractivity contribution is 0.315. The van der Waals surface area contributed by atoms with E-state index in [0.29, 0.717) is 12.1 Å². The molecule has 2 aliphatic rings. The molecule has 1 aliphatic carbocycles. The van der Waals surface area contributed by atoms with Gasteiger partial charge in [0, 0.05) is 24.3 Å². The van der Waals surface area contributed by atoms with Crippen LogP contribution in [0.5, 0.6) is 0 Å². The first kappa shape index (κ1) is 13.0. The summed E-state index contributed by atoms with van der Waals surface area (Å²) < 4.78 is 0. The molecule has 0 saturated heterocycles. The number of para-hydroxylation sites is 1. The van der Waals surface area contributed by atoms with Crippen LogP contribution in [0.1, 0.15) is 44.6 Å². The number of hydrogen-bond donors (Lipinski definition) is 1. The number of benzene rings is 1. The summed E-state index contributed by atoms with van der Waals surface area (Å²) in [6.45, 7) is 3.57. The topological polar surface area (TPSA) is 29.3 Å². The second-order valence-electron chi connectivity index (χ2n) is 6.46. The van der Waals surface area contributed by atoms with Crippen LogP contribution in [0.2, 0.25) is 0 Å². The third-order valence-electron chi connectivity index (χ3n) is 4.94. The molecular formula is C17H26N2. The molecule has 0 aromatic heterocycles. The highest BCUT2D eigenvalue weighted by Crippen LogP contribution is 2.33. The molecular weight excluding hydrogens is 232 g/mol. The minimum atomic E-state index is 0.439. The van der Waals surface area contributed by atoms with Crippen molar-refractivity contribution < 1.29 is 0 Å². The van der Waals surface area contributed by atoms with Crippen LogP contribution in [-0.4, -0.2) is 18.6 Å². The fraction of sp³-hybridized carbons (Fsp3) is 0.647. The molecule has 2 N–H and O–H groups in total. The number of fused-ring (bicyclic) bond motifs is 1. The highest BCUT2D eigenvalue weighted by molar-refractivity contribution is 5.56. The first-order chi connectivity index (χ1) is 9.24. The van der Waals surface area contributed by atoms with Crippen LogP contribution in [0.4, 0.5) is 5.69 Å². The van der Waals surface area contributed by atoms with E-state index in [4.69, 9.17) is 5.73 Å². The minimum absolute atomic E-state index is 0.439. The number of nitrogens with zero attached hydrogens (tertiary/aromatic N) is 1. The summed E-state index contributed by atoms with van der Waals surface area (Å²) in [6, 6.07) is 10.1. The van der Waals surface area contributed by atoms with Crippen molar-refractivity contribution in [3.63, 3.8) is 0 Å². The predicted octanol–water partition coefficient (Wildman–Crippen LogP) is 3.35. The van der Waals surface area contributed by atoms with Crippen molar-refractivity contribution >= 4 is 5.69 Å². The van der Waals surface area contributed by atoms with Crippen molar-refractivity contribution in [2.24, 2.45) is 11.7 Å². The van der Waals surface area contributed by atoms with Crippen molar-refractivity contribution in [2.45, 2.75) is 57.5 Å². The van der Waals surface area contributed by atoms with E-state index >= 15 is 0 Å². The molecule has 1 aromatic rings. The van der Waals surface area contributed by atoms with E-state index in [2.05, 4.69) is 36.1 Å². The average Bonchev–Trinajstić information content (AvgIpc) is 2.42. The van der Waals surface area contributed by atoms with Gasteiger partial charge in [-0.1, -0.05) is 24.6 Å². The van der Waals surface area contributed by atoms with Crippen LogP contribution in [0.3, 0.4) is 0 Å². The van der Waals surface area contributed by atoms with E-state index in [-0.39, 0.29) is 0 Å². The lowest BCUT2D eigenvalue weighted by atomic mass is 9.84.